The van der Waals surface area contributed by atoms with Crippen molar-refractivity contribution in [3.05, 3.63) is 47.2 Å². The van der Waals surface area contributed by atoms with E-state index in [1.54, 1.807) is 13.3 Å². The number of rotatable bonds is 4. The van der Waals surface area contributed by atoms with E-state index >= 15 is 0 Å². The first-order chi connectivity index (χ1) is 15.0. The smallest absolute Gasteiger partial charge is 0.325 e. The van der Waals surface area contributed by atoms with E-state index in [0.717, 1.165) is 28.1 Å². The molecule has 2 N–H and O–H groups in total. The molecule has 2 saturated heterocycles. The fourth-order valence-corrected chi connectivity index (χ4v) is 4.98. The zero-order valence-corrected chi connectivity index (χ0v) is 17.7. The van der Waals surface area contributed by atoms with Crippen LogP contribution in [0.15, 0.2) is 30.5 Å². The second kappa shape index (κ2) is 7.53. The number of aryl methyl sites for hydroxylation is 1. The number of urea groups is 1. The molecule has 1 spiro atoms. The molecule has 1 atom stereocenters. The van der Waals surface area contributed by atoms with Gasteiger partial charge in [-0.15, -0.1) is 0 Å². The van der Waals surface area contributed by atoms with Crippen molar-refractivity contribution in [3.63, 3.8) is 0 Å². The van der Waals surface area contributed by atoms with Crippen LogP contribution in [0, 0.1) is 6.92 Å². The van der Waals surface area contributed by atoms with Gasteiger partial charge in [0, 0.05) is 36.9 Å². The first kappa shape index (κ1) is 19.8. The minimum atomic E-state index is -0.614. The van der Waals surface area contributed by atoms with Crippen LogP contribution in [-0.2, 0) is 21.5 Å². The summed E-state index contributed by atoms with van der Waals surface area (Å²) in [6.07, 6.45) is 4.04. The molecule has 2 fully saturated rings. The van der Waals surface area contributed by atoms with Crippen molar-refractivity contribution in [3.8, 4) is 5.88 Å². The van der Waals surface area contributed by atoms with E-state index in [4.69, 9.17) is 9.47 Å². The third-order valence-electron chi connectivity index (χ3n) is 6.52. The monoisotopic (exact) mass is 422 g/mol. The van der Waals surface area contributed by atoms with E-state index < -0.39 is 5.54 Å². The first-order valence-corrected chi connectivity index (χ1v) is 10.6. The summed E-state index contributed by atoms with van der Waals surface area (Å²) in [5.41, 5.74) is 4.27. The number of anilines is 2. The van der Waals surface area contributed by atoms with Crippen molar-refractivity contribution in [2.45, 2.75) is 44.2 Å². The zero-order chi connectivity index (χ0) is 21.6. The third-order valence-corrected chi connectivity index (χ3v) is 6.52. The molecule has 1 aromatic carbocycles. The summed E-state index contributed by atoms with van der Waals surface area (Å²) < 4.78 is 10.6. The van der Waals surface area contributed by atoms with Crippen LogP contribution in [0.1, 0.15) is 36.0 Å². The van der Waals surface area contributed by atoms with Gasteiger partial charge in [0.05, 0.1) is 31.0 Å². The fourth-order valence-electron chi connectivity index (χ4n) is 4.98. The molecule has 0 bridgehead atoms. The van der Waals surface area contributed by atoms with Crippen molar-refractivity contribution in [2.75, 3.05) is 25.6 Å². The van der Waals surface area contributed by atoms with Gasteiger partial charge in [-0.25, -0.2) is 9.78 Å². The number of hydrogen-bond donors (Lipinski definition) is 2. The molecule has 3 amide bonds. The number of nitrogens with one attached hydrogen (secondary N) is 2. The summed E-state index contributed by atoms with van der Waals surface area (Å²) in [6.45, 7) is 3.12. The molecule has 5 rings (SSSR count). The Morgan fingerprint density at radius 2 is 2.06 bits per heavy atom. The van der Waals surface area contributed by atoms with E-state index in [0.29, 0.717) is 38.4 Å². The number of aromatic nitrogens is 1. The number of imide groups is 1. The Balaban J connectivity index is 1.36. The Morgan fingerprint density at radius 1 is 1.26 bits per heavy atom. The Kier molecular flexibility index (Phi) is 4.81. The summed E-state index contributed by atoms with van der Waals surface area (Å²) in [4.78, 5) is 31.6. The number of carbonyl (C=O) groups is 2. The van der Waals surface area contributed by atoms with E-state index in [-0.39, 0.29) is 24.4 Å². The number of amides is 3. The second-order valence-electron chi connectivity index (χ2n) is 8.48. The molecular formula is C23H26N4O4. The number of fused-ring (bicyclic) bond motifs is 2. The van der Waals surface area contributed by atoms with Crippen LogP contribution < -0.4 is 15.4 Å². The second-order valence-corrected chi connectivity index (χ2v) is 8.48. The molecule has 162 valence electrons. The van der Waals surface area contributed by atoms with Gasteiger partial charge >= 0.3 is 6.03 Å². The molecule has 2 aliphatic heterocycles. The van der Waals surface area contributed by atoms with E-state index in [2.05, 4.69) is 15.6 Å². The standard InChI is InChI=1S/C23H26N4O4/c1-14-10-15(13-24-21(14)30-2)25-19-5-3-4-18-17(19)11-23(18)12-20(28)27(22(29)26-23)16-6-8-31-9-7-16/h3-5,10,13,16,25H,6-9,11-12H2,1-2H3,(H,26,29)/t23-/m0/s1. The van der Waals surface area contributed by atoms with Crippen LogP contribution >= 0.6 is 0 Å². The summed E-state index contributed by atoms with van der Waals surface area (Å²) in [5, 5.41) is 6.57. The molecule has 2 aromatic rings. The lowest BCUT2D eigenvalue weighted by atomic mass is 9.67. The maximum Gasteiger partial charge on any atom is 0.325 e. The molecule has 0 radical (unpaired) electrons. The van der Waals surface area contributed by atoms with Crippen LogP contribution in [-0.4, -0.2) is 48.2 Å². The van der Waals surface area contributed by atoms with Crippen molar-refractivity contribution in [2.24, 2.45) is 0 Å². The van der Waals surface area contributed by atoms with Gasteiger partial charge in [0.25, 0.3) is 0 Å². The Morgan fingerprint density at radius 3 is 2.77 bits per heavy atom. The highest BCUT2D eigenvalue weighted by Crippen LogP contribution is 2.47. The molecule has 31 heavy (non-hydrogen) atoms. The van der Waals surface area contributed by atoms with Gasteiger partial charge in [-0.1, -0.05) is 12.1 Å². The van der Waals surface area contributed by atoms with Crippen molar-refractivity contribution in [1.29, 1.82) is 0 Å². The largest absolute Gasteiger partial charge is 0.481 e. The average molecular weight is 422 g/mol. The number of nitrogens with zero attached hydrogens (tertiary/aromatic N) is 2. The minimum Gasteiger partial charge on any atom is -0.481 e. The SMILES string of the molecule is COc1ncc(Nc2cccc3c2C[C@]32CC(=O)N(C3CCOCC3)C(=O)N2)cc1C. The van der Waals surface area contributed by atoms with Gasteiger partial charge in [0.2, 0.25) is 11.8 Å². The number of carbonyl (C=O) groups excluding carboxylic acids is 2. The van der Waals surface area contributed by atoms with Gasteiger partial charge in [0.15, 0.2) is 0 Å². The number of benzene rings is 1. The minimum absolute atomic E-state index is 0.0723. The van der Waals surface area contributed by atoms with Crippen LogP contribution in [0.25, 0.3) is 0 Å². The predicted octanol–water partition coefficient (Wildman–Crippen LogP) is 3.01. The average Bonchev–Trinajstić information content (AvgIpc) is 2.75. The van der Waals surface area contributed by atoms with Gasteiger partial charge in [-0.3, -0.25) is 9.69 Å². The van der Waals surface area contributed by atoms with Gasteiger partial charge in [0.1, 0.15) is 0 Å². The normalized spacial score (nSPS) is 23.2. The summed E-state index contributed by atoms with van der Waals surface area (Å²) in [7, 11) is 1.60. The Labute approximate surface area is 180 Å². The van der Waals surface area contributed by atoms with Gasteiger partial charge in [-0.2, -0.15) is 0 Å². The Hall–Kier alpha value is -3.13. The lowest BCUT2D eigenvalue weighted by molar-refractivity contribution is -0.136. The van der Waals surface area contributed by atoms with E-state index in [1.807, 2.05) is 31.2 Å². The van der Waals surface area contributed by atoms with Crippen molar-refractivity contribution < 1.29 is 19.1 Å². The topological polar surface area (TPSA) is 92.8 Å². The van der Waals surface area contributed by atoms with Crippen LogP contribution in [0.3, 0.4) is 0 Å². The highest BCUT2D eigenvalue weighted by Gasteiger charge is 2.52. The molecule has 8 nitrogen and oxygen atoms in total. The highest BCUT2D eigenvalue weighted by molar-refractivity contribution is 5.99. The molecule has 1 aliphatic carbocycles. The zero-order valence-electron chi connectivity index (χ0n) is 17.7. The molecular weight excluding hydrogens is 396 g/mol. The summed E-state index contributed by atoms with van der Waals surface area (Å²) in [5.74, 6) is 0.498. The molecule has 8 heteroatoms. The lowest BCUT2D eigenvalue weighted by Gasteiger charge is -2.50. The van der Waals surface area contributed by atoms with Gasteiger partial charge < -0.3 is 20.1 Å². The maximum atomic E-state index is 13.0. The number of methoxy groups -OCH3 is 1. The van der Waals surface area contributed by atoms with Crippen LogP contribution in [0.4, 0.5) is 16.2 Å². The van der Waals surface area contributed by atoms with Crippen LogP contribution in [0.5, 0.6) is 5.88 Å². The molecule has 1 aromatic heterocycles. The molecule has 0 unspecified atom stereocenters. The predicted molar refractivity (Wildman–Crippen MR) is 114 cm³/mol. The van der Waals surface area contributed by atoms with E-state index in [9.17, 15) is 9.59 Å². The number of pyridine rings is 1. The number of hydrogen-bond acceptors (Lipinski definition) is 6. The van der Waals surface area contributed by atoms with Gasteiger partial charge in [-0.05, 0) is 43.0 Å². The van der Waals surface area contributed by atoms with Crippen LogP contribution in [0.2, 0.25) is 0 Å². The lowest BCUT2D eigenvalue weighted by Crippen LogP contribution is -2.66. The Bertz CT molecular complexity index is 1030. The third kappa shape index (κ3) is 3.31. The quantitative estimate of drug-likeness (QED) is 0.787. The fraction of sp³-hybridized carbons (Fsp3) is 0.435. The summed E-state index contributed by atoms with van der Waals surface area (Å²) in [6, 6.07) is 7.58. The molecule has 0 saturated carbocycles. The molecule has 3 heterocycles. The van der Waals surface area contributed by atoms with Crippen molar-refractivity contribution >= 4 is 23.3 Å². The number of ether oxygens (including phenoxy) is 2. The highest BCUT2D eigenvalue weighted by atomic mass is 16.5. The summed E-state index contributed by atoms with van der Waals surface area (Å²) >= 11 is 0. The van der Waals surface area contributed by atoms with E-state index in [1.165, 1.54) is 4.90 Å². The first-order valence-electron chi connectivity index (χ1n) is 10.6. The molecule has 3 aliphatic rings. The van der Waals surface area contributed by atoms with Crippen molar-refractivity contribution in [1.82, 2.24) is 15.2 Å². The maximum absolute atomic E-state index is 13.0.